The van der Waals surface area contributed by atoms with Gasteiger partial charge in [0.05, 0.1) is 0 Å². The van der Waals surface area contributed by atoms with Gasteiger partial charge in [-0.15, -0.1) is 0 Å². The molecule has 2 rings (SSSR count). The third-order valence-corrected chi connectivity index (χ3v) is 4.69. The van der Waals surface area contributed by atoms with Crippen LogP contribution in [-0.2, 0) is 9.59 Å². The number of likely N-dealkylation sites (tertiary alicyclic amines) is 1. The summed E-state index contributed by atoms with van der Waals surface area (Å²) in [6.45, 7) is 6.76. The first-order valence-electron chi connectivity index (χ1n) is 7.82. The molecule has 0 aromatic carbocycles. The van der Waals surface area contributed by atoms with E-state index in [4.69, 9.17) is 0 Å². The molecule has 2 amide bonds. The Balaban J connectivity index is 1.91. The number of piperazine rings is 1. The first kappa shape index (κ1) is 15.3. The van der Waals surface area contributed by atoms with Gasteiger partial charge < -0.3 is 15.1 Å². The van der Waals surface area contributed by atoms with Gasteiger partial charge in [-0.3, -0.25) is 9.59 Å². The normalized spacial score (nSPS) is 29.6. The van der Waals surface area contributed by atoms with Crippen molar-refractivity contribution in [1.82, 2.24) is 15.1 Å². The van der Waals surface area contributed by atoms with E-state index in [1.165, 1.54) is 12.8 Å². The van der Waals surface area contributed by atoms with Gasteiger partial charge >= 0.3 is 0 Å². The molecule has 0 aromatic rings. The number of hydrogen-bond donors (Lipinski definition) is 1. The van der Waals surface area contributed by atoms with Crippen molar-refractivity contribution >= 4 is 11.8 Å². The molecule has 2 aliphatic rings. The predicted octanol–water partition coefficient (Wildman–Crippen LogP) is 0.844. The molecule has 2 atom stereocenters. The summed E-state index contributed by atoms with van der Waals surface area (Å²) in [5.74, 6) is 0.768. The van der Waals surface area contributed by atoms with Crippen molar-refractivity contribution in [2.24, 2.45) is 5.92 Å². The lowest BCUT2D eigenvalue weighted by Crippen LogP contribution is -2.62. The molecule has 0 aromatic heterocycles. The van der Waals surface area contributed by atoms with Crippen LogP contribution in [-0.4, -0.2) is 60.4 Å². The smallest absolute Gasteiger partial charge is 0.245 e. The molecule has 0 spiro atoms. The molecule has 0 radical (unpaired) electrons. The Kier molecular flexibility index (Phi) is 5.02. The average Bonchev–Trinajstić information content (AvgIpc) is 2.43. The molecule has 114 valence electrons. The summed E-state index contributed by atoms with van der Waals surface area (Å²) in [5, 5.41) is 2.77. The van der Waals surface area contributed by atoms with Crippen LogP contribution in [0.1, 0.15) is 39.5 Å². The van der Waals surface area contributed by atoms with E-state index in [9.17, 15) is 9.59 Å². The molecule has 2 aliphatic heterocycles. The van der Waals surface area contributed by atoms with Gasteiger partial charge in [-0.1, -0.05) is 6.92 Å². The number of carbonyl (C=O) groups is 2. The summed E-state index contributed by atoms with van der Waals surface area (Å²) in [4.78, 5) is 28.4. The van der Waals surface area contributed by atoms with Gasteiger partial charge in [-0.05, 0) is 58.7 Å². The molecule has 2 saturated heterocycles. The molecular weight excluding hydrogens is 254 g/mol. The van der Waals surface area contributed by atoms with Crippen molar-refractivity contribution < 1.29 is 9.59 Å². The second kappa shape index (κ2) is 6.57. The fraction of sp³-hybridized carbons (Fsp3) is 0.867. The van der Waals surface area contributed by atoms with Gasteiger partial charge in [0.1, 0.15) is 12.1 Å². The highest BCUT2D eigenvalue weighted by molar-refractivity contribution is 5.96. The molecule has 5 heteroatoms. The maximum Gasteiger partial charge on any atom is 0.245 e. The van der Waals surface area contributed by atoms with Gasteiger partial charge in [-0.25, -0.2) is 0 Å². The van der Waals surface area contributed by atoms with Gasteiger partial charge in [0.25, 0.3) is 0 Å². The van der Waals surface area contributed by atoms with E-state index in [0.717, 1.165) is 26.1 Å². The monoisotopic (exact) mass is 281 g/mol. The van der Waals surface area contributed by atoms with Crippen molar-refractivity contribution in [3.05, 3.63) is 0 Å². The summed E-state index contributed by atoms with van der Waals surface area (Å²) in [6.07, 6.45) is 4.13. The first-order chi connectivity index (χ1) is 9.52. The van der Waals surface area contributed by atoms with Crippen LogP contribution >= 0.6 is 0 Å². The quantitative estimate of drug-likeness (QED) is 0.831. The molecule has 0 bridgehead atoms. The zero-order valence-electron chi connectivity index (χ0n) is 12.9. The van der Waals surface area contributed by atoms with Gasteiger partial charge in [0.15, 0.2) is 0 Å². The lowest BCUT2D eigenvalue weighted by molar-refractivity contribution is -0.149. The number of nitrogens with one attached hydrogen (secondary N) is 1. The number of carbonyl (C=O) groups excluding carboxylic acids is 2. The highest BCUT2D eigenvalue weighted by Gasteiger charge is 2.37. The Bertz CT molecular complexity index is 364. The molecule has 2 heterocycles. The summed E-state index contributed by atoms with van der Waals surface area (Å²) >= 11 is 0. The van der Waals surface area contributed by atoms with Gasteiger partial charge in [0, 0.05) is 6.54 Å². The van der Waals surface area contributed by atoms with E-state index in [0.29, 0.717) is 12.3 Å². The van der Waals surface area contributed by atoms with Crippen LogP contribution in [0.4, 0.5) is 0 Å². The Labute approximate surface area is 121 Å². The molecule has 2 fully saturated rings. The first-order valence-corrected chi connectivity index (χ1v) is 7.82. The predicted molar refractivity (Wildman–Crippen MR) is 78.2 cm³/mol. The minimum atomic E-state index is -0.372. The van der Waals surface area contributed by atoms with Crippen molar-refractivity contribution in [3.63, 3.8) is 0 Å². The van der Waals surface area contributed by atoms with Gasteiger partial charge in [0.2, 0.25) is 11.8 Å². The lowest BCUT2D eigenvalue weighted by Gasteiger charge is -2.39. The van der Waals surface area contributed by atoms with Crippen LogP contribution < -0.4 is 5.32 Å². The zero-order chi connectivity index (χ0) is 14.7. The Morgan fingerprint density at radius 1 is 1.25 bits per heavy atom. The van der Waals surface area contributed by atoms with E-state index in [2.05, 4.69) is 17.3 Å². The molecular formula is C15H27N3O2. The van der Waals surface area contributed by atoms with Crippen LogP contribution in [0.15, 0.2) is 0 Å². The second-order valence-electron chi connectivity index (χ2n) is 6.22. The van der Waals surface area contributed by atoms with E-state index < -0.39 is 0 Å². The number of hydrogen-bond acceptors (Lipinski definition) is 3. The molecule has 5 nitrogen and oxygen atoms in total. The minimum absolute atomic E-state index is 0.00276. The molecule has 0 saturated carbocycles. The number of rotatable bonds is 4. The van der Waals surface area contributed by atoms with E-state index >= 15 is 0 Å². The van der Waals surface area contributed by atoms with E-state index in [1.807, 2.05) is 11.8 Å². The van der Waals surface area contributed by atoms with Crippen molar-refractivity contribution in [2.45, 2.75) is 51.6 Å². The fourth-order valence-corrected chi connectivity index (χ4v) is 3.26. The second-order valence-corrected chi connectivity index (χ2v) is 6.22. The van der Waals surface area contributed by atoms with Crippen LogP contribution in [0.25, 0.3) is 0 Å². The standard InChI is InChI=1S/C15H27N3O2/c1-4-13-14(19)16-11(2)15(20)18(13)10-7-12-5-8-17(3)9-6-12/h11-13H,4-10H2,1-3H3,(H,16,19). The highest BCUT2D eigenvalue weighted by atomic mass is 16.2. The molecule has 2 unspecified atom stereocenters. The van der Waals surface area contributed by atoms with Crippen molar-refractivity contribution in [1.29, 1.82) is 0 Å². The Morgan fingerprint density at radius 2 is 1.90 bits per heavy atom. The molecule has 20 heavy (non-hydrogen) atoms. The Hall–Kier alpha value is -1.10. The van der Waals surface area contributed by atoms with Crippen molar-refractivity contribution in [3.8, 4) is 0 Å². The van der Waals surface area contributed by atoms with E-state index in [-0.39, 0.29) is 23.9 Å². The zero-order valence-corrected chi connectivity index (χ0v) is 12.9. The minimum Gasteiger partial charge on any atom is -0.343 e. The maximum absolute atomic E-state index is 12.3. The number of piperidine rings is 1. The maximum atomic E-state index is 12.3. The topological polar surface area (TPSA) is 52.7 Å². The summed E-state index contributed by atoms with van der Waals surface area (Å²) < 4.78 is 0. The Morgan fingerprint density at radius 3 is 2.50 bits per heavy atom. The summed E-state index contributed by atoms with van der Waals surface area (Å²) in [5.41, 5.74) is 0. The average molecular weight is 281 g/mol. The molecule has 1 N–H and O–H groups in total. The van der Waals surface area contributed by atoms with E-state index in [1.54, 1.807) is 6.92 Å². The van der Waals surface area contributed by atoms with Crippen LogP contribution in [0.3, 0.4) is 0 Å². The van der Waals surface area contributed by atoms with Crippen LogP contribution in [0, 0.1) is 5.92 Å². The van der Waals surface area contributed by atoms with Crippen molar-refractivity contribution in [2.75, 3.05) is 26.7 Å². The van der Waals surface area contributed by atoms with Crippen LogP contribution in [0.5, 0.6) is 0 Å². The van der Waals surface area contributed by atoms with Crippen LogP contribution in [0.2, 0.25) is 0 Å². The fourth-order valence-electron chi connectivity index (χ4n) is 3.26. The van der Waals surface area contributed by atoms with Gasteiger partial charge in [-0.2, -0.15) is 0 Å². The summed E-state index contributed by atoms with van der Waals surface area (Å²) in [6, 6.07) is -0.646. The molecule has 0 aliphatic carbocycles. The largest absolute Gasteiger partial charge is 0.343 e. The number of amides is 2. The highest BCUT2D eigenvalue weighted by Crippen LogP contribution is 2.22. The summed E-state index contributed by atoms with van der Waals surface area (Å²) in [7, 11) is 2.16. The third kappa shape index (κ3) is 3.32. The third-order valence-electron chi connectivity index (χ3n) is 4.69. The SMILES string of the molecule is CCC1C(=O)NC(C)C(=O)N1CCC1CCN(C)CC1. The lowest BCUT2D eigenvalue weighted by atomic mass is 9.93. The number of nitrogens with zero attached hydrogens (tertiary/aromatic N) is 2.